The van der Waals surface area contributed by atoms with E-state index in [2.05, 4.69) is 29.7 Å². The quantitative estimate of drug-likeness (QED) is 0.105. The number of thioether (sulfide) groups is 1. The topological polar surface area (TPSA) is 211 Å². The number of nitrogen functional groups attached to an aromatic ring is 1. The van der Waals surface area contributed by atoms with Crippen molar-refractivity contribution in [3.05, 3.63) is 41.8 Å². The Morgan fingerprint density at radius 1 is 1.33 bits per heavy atom. The number of halogens is 1. The molecule has 256 valence electrons. The van der Waals surface area contributed by atoms with Crippen LogP contribution in [0.25, 0.3) is 11.2 Å². The first kappa shape index (κ1) is 34.5. The van der Waals surface area contributed by atoms with Gasteiger partial charge in [-0.05, 0) is 44.3 Å². The van der Waals surface area contributed by atoms with Gasteiger partial charge in [-0.1, -0.05) is 5.16 Å². The van der Waals surface area contributed by atoms with E-state index in [1.54, 1.807) is 19.6 Å². The molecule has 2 aliphatic rings. The molecule has 4 N–H and O–H groups in total. The summed E-state index contributed by atoms with van der Waals surface area (Å²) >= 11 is 2.07. The molecule has 3 amide bonds. The van der Waals surface area contributed by atoms with Gasteiger partial charge in [0.15, 0.2) is 5.13 Å². The lowest BCUT2D eigenvalue weighted by Crippen LogP contribution is -2.71. The van der Waals surface area contributed by atoms with Crippen molar-refractivity contribution in [1.82, 2.24) is 34.0 Å². The van der Waals surface area contributed by atoms with E-state index in [9.17, 15) is 28.7 Å². The highest BCUT2D eigenvalue weighted by atomic mass is 32.2. The van der Waals surface area contributed by atoms with E-state index in [-0.39, 0.29) is 29.0 Å². The maximum absolute atomic E-state index is 13.3. The number of aliphatic carboxylic acids is 1. The summed E-state index contributed by atoms with van der Waals surface area (Å²) in [6, 6.07) is 2.63. The van der Waals surface area contributed by atoms with E-state index >= 15 is 0 Å². The van der Waals surface area contributed by atoms with Crippen LogP contribution in [-0.2, 0) is 37.0 Å². The lowest BCUT2D eigenvalue weighted by Gasteiger charge is -2.49. The van der Waals surface area contributed by atoms with Gasteiger partial charge < -0.3 is 35.2 Å². The molecule has 3 aromatic heterocycles. The number of carboxylic acid groups (broad SMARTS) is 1. The van der Waals surface area contributed by atoms with Crippen LogP contribution < -0.4 is 15.6 Å². The summed E-state index contributed by atoms with van der Waals surface area (Å²) < 4.78 is 25.7. The summed E-state index contributed by atoms with van der Waals surface area (Å²) in [4.78, 5) is 66.5. The Balaban J connectivity index is 1.28. The zero-order valence-electron chi connectivity index (χ0n) is 26.5. The molecule has 2 atom stereocenters. The van der Waals surface area contributed by atoms with Gasteiger partial charge in [-0.15, -0.1) is 11.8 Å². The summed E-state index contributed by atoms with van der Waals surface area (Å²) in [5.41, 5.74) is 6.24. The number of amides is 3. The smallest absolute Gasteiger partial charge is 0.410 e. The molecule has 0 aliphatic carbocycles. The number of alkyl halides is 1. The lowest BCUT2D eigenvalue weighted by molar-refractivity contribution is -0.664. The van der Waals surface area contributed by atoms with Gasteiger partial charge in [0.25, 0.3) is 18.7 Å². The Morgan fingerprint density at radius 3 is 2.77 bits per heavy atom. The maximum atomic E-state index is 13.3. The number of nitrogens with one attached hydrogen (secondary N) is 1. The molecule has 48 heavy (non-hydrogen) atoms. The van der Waals surface area contributed by atoms with E-state index in [1.165, 1.54) is 16.7 Å². The molecule has 5 rings (SSSR count). The molecule has 0 radical (unpaired) electrons. The third-order valence-electron chi connectivity index (χ3n) is 7.22. The molecule has 3 aromatic rings. The number of imidazole rings is 1. The molecule has 5 heterocycles. The number of hydrogen-bond donors (Lipinski definition) is 3. The monoisotopic (exact) mass is 705 g/mol. The van der Waals surface area contributed by atoms with Crippen molar-refractivity contribution >= 4 is 69.2 Å². The maximum Gasteiger partial charge on any atom is 0.410 e. The summed E-state index contributed by atoms with van der Waals surface area (Å²) in [6.07, 6.45) is 3.70. The average Bonchev–Trinajstić information content (AvgIpc) is 3.65. The molecule has 17 nitrogen and oxygen atoms in total. The van der Waals surface area contributed by atoms with Crippen LogP contribution in [0.2, 0.25) is 0 Å². The molecule has 1 fully saturated rings. The molecule has 0 saturated carbocycles. The van der Waals surface area contributed by atoms with Crippen molar-refractivity contribution in [2.24, 2.45) is 5.16 Å². The highest BCUT2D eigenvalue weighted by Gasteiger charge is 2.54. The molecular formula is C28H34FN10O7S2+. The summed E-state index contributed by atoms with van der Waals surface area (Å²) in [5.74, 6) is -2.81. The van der Waals surface area contributed by atoms with Crippen LogP contribution in [0, 0.1) is 0 Å². The second-order valence-electron chi connectivity index (χ2n) is 11.8. The molecule has 0 spiro atoms. The first-order valence-electron chi connectivity index (χ1n) is 14.6. The van der Waals surface area contributed by atoms with Gasteiger partial charge in [-0.25, -0.2) is 18.5 Å². The molecule has 2 aliphatic heterocycles. The number of rotatable bonds is 12. The Kier molecular flexibility index (Phi) is 10.1. The van der Waals surface area contributed by atoms with Crippen molar-refractivity contribution in [1.29, 1.82) is 0 Å². The van der Waals surface area contributed by atoms with Crippen LogP contribution in [0.3, 0.4) is 0 Å². The zero-order valence-corrected chi connectivity index (χ0v) is 28.1. The number of nitrogens with zero attached hydrogens (tertiary/aromatic N) is 8. The van der Waals surface area contributed by atoms with Crippen LogP contribution in [0.15, 0.2) is 41.1 Å². The number of carbonyl (C=O) groups excluding carboxylic acids is 3. The number of nitrogens with two attached hydrogens (primary N) is 1. The highest BCUT2D eigenvalue weighted by Crippen LogP contribution is 2.40. The minimum atomic E-state index is -1.32. The van der Waals surface area contributed by atoms with Gasteiger partial charge in [-0.3, -0.25) is 14.5 Å². The third-order valence-corrected chi connectivity index (χ3v) is 9.10. The van der Waals surface area contributed by atoms with Crippen LogP contribution in [0.1, 0.15) is 33.0 Å². The fourth-order valence-corrected chi connectivity index (χ4v) is 6.89. The zero-order chi connectivity index (χ0) is 34.7. The van der Waals surface area contributed by atoms with Crippen molar-refractivity contribution in [2.45, 2.75) is 57.3 Å². The normalized spacial score (nSPS) is 18.0. The lowest BCUT2D eigenvalue weighted by atomic mass is 10.0. The van der Waals surface area contributed by atoms with Gasteiger partial charge >= 0.3 is 17.7 Å². The molecular weight excluding hydrogens is 672 g/mol. The molecule has 0 bridgehead atoms. The largest absolute Gasteiger partial charge is 0.477 e. The number of ether oxygens (including phenoxy) is 1. The third kappa shape index (κ3) is 7.33. The van der Waals surface area contributed by atoms with Crippen LogP contribution in [0.4, 0.5) is 14.3 Å². The van der Waals surface area contributed by atoms with Crippen LogP contribution in [0.5, 0.6) is 0 Å². The van der Waals surface area contributed by atoms with Crippen molar-refractivity contribution < 1.29 is 42.8 Å². The fraction of sp³-hybridized carbons (Fsp3) is 0.464. The van der Waals surface area contributed by atoms with Crippen LogP contribution >= 0.6 is 23.3 Å². The van der Waals surface area contributed by atoms with Gasteiger partial charge in [0.2, 0.25) is 17.9 Å². The second kappa shape index (κ2) is 14.1. The SMILES string of the molecule is CN(CCCn1cnc2c1ccc[n+]2CC1=C(C(=O)O)N2C(=O)C(NC(=O)/C(=N\OCF)c3nsc(N)n3)C2SC1)C(=O)OC(C)(C)C. The summed E-state index contributed by atoms with van der Waals surface area (Å²) in [6.45, 7) is 5.30. The fourth-order valence-electron chi connectivity index (χ4n) is 5.12. The number of pyridine rings is 1. The molecule has 2 unspecified atom stereocenters. The van der Waals surface area contributed by atoms with Crippen molar-refractivity contribution in [3.63, 3.8) is 0 Å². The number of aryl methyl sites for hydroxylation is 1. The number of aromatic nitrogens is 5. The minimum absolute atomic E-state index is 0.0340. The van der Waals surface area contributed by atoms with Gasteiger partial charge in [-0.2, -0.15) is 9.36 Å². The Hall–Kier alpha value is -4.85. The number of oxime groups is 1. The predicted molar refractivity (Wildman–Crippen MR) is 171 cm³/mol. The van der Waals surface area contributed by atoms with Gasteiger partial charge in [0.05, 0.1) is 6.20 Å². The number of hydrogen-bond acceptors (Lipinski definition) is 13. The standard InChI is InChI=1S/C28H33FN10O7S2/c1-28(2,3)46-27(44)36(4)8-6-10-38-14-31-21-16(38)7-5-9-37(21)11-15-12-47-24-18(23(41)39(24)19(15)25(42)43)32-22(40)17(34-45-13-29)20-33-26(30)48-35-20/h5,7,9,14,18,24H,6,8,10-13H2,1-4H3,(H3-,30,32,33,35,40,42,43)/p+1/b34-17-. The van der Waals surface area contributed by atoms with E-state index in [4.69, 9.17) is 10.5 Å². The summed E-state index contributed by atoms with van der Waals surface area (Å²) in [7, 11) is 1.68. The van der Waals surface area contributed by atoms with Crippen LogP contribution in [-0.4, -0.2) is 107 Å². The van der Waals surface area contributed by atoms with E-state index in [1.807, 2.05) is 42.0 Å². The predicted octanol–water partition coefficient (Wildman–Crippen LogP) is 1.10. The molecule has 1 saturated heterocycles. The summed E-state index contributed by atoms with van der Waals surface area (Å²) in [5, 5.41) is 15.4. The number of carbonyl (C=O) groups is 4. The Bertz CT molecular complexity index is 1800. The number of fused-ring (bicyclic) bond motifs is 2. The number of β-lactam (4-membered cyclic amide) rings is 1. The average molecular weight is 706 g/mol. The van der Waals surface area contributed by atoms with E-state index in [0.29, 0.717) is 30.7 Å². The van der Waals surface area contributed by atoms with Gasteiger partial charge in [0.1, 0.15) is 34.8 Å². The number of carboxylic acids is 1. The van der Waals surface area contributed by atoms with E-state index < -0.39 is 53.5 Å². The molecule has 0 aromatic carbocycles. The Morgan fingerprint density at radius 2 is 2.10 bits per heavy atom. The first-order valence-corrected chi connectivity index (χ1v) is 16.4. The Labute approximate surface area is 281 Å². The second-order valence-corrected chi connectivity index (χ2v) is 13.7. The first-order chi connectivity index (χ1) is 22.8. The minimum Gasteiger partial charge on any atom is -0.477 e. The van der Waals surface area contributed by atoms with Gasteiger partial charge in [0, 0.05) is 43.0 Å². The number of anilines is 1. The highest BCUT2D eigenvalue weighted by molar-refractivity contribution is 8.00. The van der Waals surface area contributed by atoms with E-state index in [0.717, 1.165) is 21.9 Å². The van der Waals surface area contributed by atoms with Crippen molar-refractivity contribution in [3.8, 4) is 0 Å². The van der Waals surface area contributed by atoms with Crippen molar-refractivity contribution in [2.75, 3.05) is 31.9 Å². The molecule has 20 heteroatoms.